The summed E-state index contributed by atoms with van der Waals surface area (Å²) in [5.74, 6) is 0.436. The van der Waals surface area contributed by atoms with Crippen molar-refractivity contribution in [3.63, 3.8) is 0 Å². The van der Waals surface area contributed by atoms with E-state index in [9.17, 15) is 4.39 Å². The Bertz CT molecular complexity index is 463. The largest absolute Gasteiger partial charge is 0.365 e. The van der Waals surface area contributed by atoms with Crippen molar-refractivity contribution >= 4 is 5.69 Å². The van der Waals surface area contributed by atoms with Gasteiger partial charge in [0.2, 0.25) is 0 Å². The molecule has 1 aliphatic carbocycles. The molecular formula is C18H27FN2. The number of nitrogens with one attached hydrogen (secondary N) is 1. The van der Waals surface area contributed by atoms with Gasteiger partial charge in [0.1, 0.15) is 5.82 Å². The van der Waals surface area contributed by atoms with Gasteiger partial charge in [0.25, 0.3) is 0 Å². The molecule has 0 bridgehead atoms. The number of piperazine rings is 1. The molecule has 3 rings (SSSR count). The Kier molecular flexibility index (Phi) is 4.21. The normalized spacial score (nSPS) is 25.5. The fourth-order valence-electron chi connectivity index (χ4n) is 4.00. The molecular weight excluding hydrogens is 263 g/mol. The van der Waals surface area contributed by atoms with Crippen molar-refractivity contribution in [2.75, 3.05) is 18.0 Å². The van der Waals surface area contributed by atoms with Crippen LogP contribution in [0, 0.1) is 11.7 Å². The van der Waals surface area contributed by atoms with Gasteiger partial charge in [-0.3, -0.25) is 0 Å². The van der Waals surface area contributed by atoms with E-state index >= 15 is 0 Å². The van der Waals surface area contributed by atoms with Crippen molar-refractivity contribution < 1.29 is 4.39 Å². The molecule has 1 atom stereocenters. The zero-order valence-electron chi connectivity index (χ0n) is 13.2. The zero-order chi connectivity index (χ0) is 14.9. The van der Waals surface area contributed by atoms with Gasteiger partial charge >= 0.3 is 0 Å². The van der Waals surface area contributed by atoms with Gasteiger partial charge in [0, 0.05) is 30.4 Å². The van der Waals surface area contributed by atoms with E-state index in [1.165, 1.54) is 37.8 Å². The highest BCUT2D eigenvalue weighted by Gasteiger charge is 2.40. The molecule has 0 aromatic heterocycles. The molecule has 1 saturated heterocycles. The maximum absolute atomic E-state index is 13.2. The van der Waals surface area contributed by atoms with Crippen molar-refractivity contribution in [1.82, 2.24) is 5.32 Å². The zero-order valence-corrected chi connectivity index (χ0v) is 13.2. The minimum absolute atomic E-state index is 0.151. The van der Waals surface area contributed by atoms with Crippen LogP contribution in [-0.2, 0) is 0 Å². The highest BCUT2D eigenvalue weighted by atomic mass is 19.1. The lowest BCUT2D eigenvalue weighted by Crippen LogP contribution is -2.66. The first kappa shape index (κ1) is 14.8. The van der Waals surface area contributed by atoms with Crippen molar-refractivity contribution in [3.05, 3.63) is 30.1 Å². The molecule has 116 valence electrons. The predicted molar refractivity (Wildman–Crippen MR) is 86.2 cm³/mol. The summed E-state index contributed by atoms with van der Waals surface area (Å²) in [5.41, 5.74) is 1.44. The topological polar surface area (TPSA) is 15.3 Å². The second-order valence-corrected chi connectivity index (χ2v) is 7.14. The van der Waals surface area contributed by atoms with E-state index in [-0.39, 0.29) is 11.4 Å². The smallest absolute Gasteiger partial charge is 0.123 e. The molecule has 2 fully saturated rings. The molecule has 2 nitrogen and oxygen atoms in total. The Balaban J connectivity index is 1.85. The summed E-state index contributed by atoms with van der Waals surface area (Å²) in [6.07, 6.45) is 6.58. The summed E-state index contributed by atoms with van der Waals surface area (Å²) in [5, 5.41) is 3.86. The van der Waals surface area contributed by atoms with Gasteiger partial charge in [-0.05, 0) is 43.0 Å². The van der Waals surface area contributed by atoms with Crippen LogP contribution in [0.3, 0.4) is 0 Å². The van der Waals surface area contributed by atoms with Crippen LogP contribution in [0.4, 0.5) is 10.1 Å². The summed E-state index contributed by atoms with van der Waals surface area (Å²) in [6, 6.07) is 7.53. The third-order valence-electron chi connectivity index (χ3n) is 5.30. The van der Waals surface area contributed by atoms with Crippen LogP contribution >= 0.6 is 0 Å². The second-order valence-electron chi connectivity index (χ2n) is 7.14. The van der Waals surface area contributed by atoms with Gasteiger partial charge in [0.15, 0.2) is 0 Å². The first-order valence-electron chi connectivity index (χ1n) is 8.37. The van der Waals surface area contributed by atoms with Crippen LogP contribution < -0.4 is 10.2 Å². The van der Waals surface area contributed by atoms with Crippen LogP contribution in [-0.4, -0.2) is 24.7 Å². The summed E-state index contributed by atoms with van der Waals surface area (Å²) < 4.78 is 13.2. The quantitative estimate of drug-likeness (QED) is 0.887. The van der Waals surface area contributed by atoms with Crippen LogP contribution in [0.15, 0.2) is 24.3 Å². The predicted octanol–water partition coefficient (Wildman–Crippen LogP) is 3.96. The highest BCUT2D eigenvalue weighted by molar-refractivity contribution is 5.49. The average molecular weight is 290 g/mol. The number of halogens is 1. The lowest BCUT2D eigenvalue weighted by Gasteiger charge is -2.51. The molecule has 1 aromatic rings. The first-order valence-corrected chi connectivity index (χ1v) is 8.37. The third kappa shape index (κ3) is 3.08. The number of anilines is 1. The maximum Gasteiger partial charge on any atom is 0.123 e. The first-order chi connectivity index (χ1) is 10.1. The van der Waals surface area contributed by atoms with Crippen molar-refractivity contribution in [2.24, 2.45) is 5.92 Å². The van der Waals surface area contributed by atoms with Gasteiger partial charge in [-0.25, -0.2) is 4.39 Å². The number of nitrogens with zero attached hydrogens (tertiary/aromatic N) is 1. The molecule has 0 radical (unpaired) electrons. The Morgan fingerprint density at radius 3 is 2.43 bits per heavy atom. The minimum Gasteiger partial charge on any atom is -0.365 e. The number of hydrogen-bond acceptors (Lipinski definition) is 2. The van der Waals surface area contributed by atoms with E-state index in [1.807, 2.05) is 12.1 Å². The SMILES string of the molecule is CC(C)C1CNC2(CCCCC2)CN1c1ccc(F)cc1. The maximum atomic E-state index is 13.2. The lowest BCUT2D eigenvalue weighted by atomic mass is 9.78. The molecule has 1 N–H and O–H groups in total. The molecule has 2 aliphatic rings. The number of benzene rings is 1. The fourth-order valence-corrected chi connectivity index (χ4v) is 4.00. The molecule has 1 aromatic carbocycles. The Morgan fingerprint density at radius 1 is 1.14 bits per heavy atom. The van der Waals surface area contributed by atoms with Crippen LogP contribution in [0.5, 0.6) is 0 Å². The van der Waals surface area contributed by atoms with Crippen LogP contribution in [0.2, 0.25) is 0 Å². The summed E-state index contributed by atoms with van der Waals surface area (Å²) in [7, 11) is 0. The van der Waals surface area contributed by atoms with E-state index < -0.39 is 0 Å². The van der Waals surface area contributed by atoms with Crippen molar-refractivity contribution in [3.8, 4) is 0 Å². The van der Waals surface area contributed by atoms with E-state index in [1.54, 1.807) is 12.1 Å². The van der Waals surface area contributed by atoms with Gasteiger partial charge in [-0.1, -0.05) is 33.1 Å². The van der Waals surface area contributed by atoms with E-state index in [4.69, 9.17) is 0 Å². The highest BCUT2D eigenvalue weighted by Crippen LogP contribution is 2.35. The minimum atomic E-state index is -0.151. The summed E-state index contributed by atoms with van der Waals surface area (Å²) in [6.45, 7) is 6.65. The molecule has 21 heavy (non-hydrogen) atoms. The Hall–Kier alpha value is -1.09. The van der Waals surface area contributed by atoms with Gasteiger partial charge in [0.05, 0.1) is 0 Å². The van der Waals surface area contributed by atoms with Crippen molar-refractivity contribution in [1.29, 1.82) is 0 Å². The van der Waals surface area contributed by atoms with Crippen LogP contribution in [0.25, 0.3) is 0 Å². The van der Waals surface area contributed by atoms with Gasteiger partial charge in [-0.15, -0.1) is 0 Å². The number of hydrogen-bond donors (Lipinski definition) is 1. The molecule has 1 spiro atoms. The Morgan fingerprint density at radius 2 is 1.81 bits per heavy atom. The molecule has 3 heteroatoms. The number of rotatable bonds is 2. The Labute approximate surface area is 127 Å². The van der Waals surface area contributed by atoms with Gasteiger partial charge in [-0.2, -0.15) is 0 Å². The second kappa shape index (κ2) is 5.96. The summed E-state index contributed by atoms with van der Waals surface area (Å²) >= 11 is 0. The van der Waals surface area contributed by atoms with E-state index in [0.29, 0.717) is 12.0 Å². The molecule has 1 saturated carbocycles. The third-order valence-corrected chi connectivity index (χ3v) is 5.30. The van der Waals surface area contributed by atoms with Crippen molar-refractivity contribution in [2.45, 2.75) is 57.5 Å². The molecule has 1 aliphatic heterocycles. The fraction of sp³-hybridized carbons (Fsp3) is 0.667. The average Bonchev–Trinajstić information content (AvgIpc) is 2.48. The molecule has 1 heterocycles. The van der Waals surface area contributed by atoms with Gasteiger partial charge < -0.3 is 10.2 Å². The lowest BCUT2D eigenvalue weighted by molar-refractivity contribution is 0.184. The molecule has 0 amide bonds. The standard InChI is InChI=1S/C18H27FN2/c1-14(2)17-12-20-18(10-4-3-5-11-18)13-21(17)16-8-6-15(19)7-9-16/h6-9,14,17,20H,3-5,10-13H2,1-2H3. The summed E-state index contributed by atoms with van der Waals surface area (Å²) in [4.78, 5) is 2.52. The van der Waals surface area contributed by atoms with Crippen LogP contribution in [0.1, 0.15) is 46.0 Å². The molecule has 1 unspecified atom stereocenters. The van der Waals surface area contributed by atoms with E-state index in [2.05, 4.69) is 24.1 Å². The van der Waals surface area contributed by atoms with E-state index in [0.717, 1.165) is 13.1 Å². The monoisotopic (exact) mass is 290 g/mol.